The van der Waals surface area contributed by atoms with Gasteiger partial charge in [-0.25, -0.2) is 4.58 Å². The van der Waals surface area contributed by atoms with E-state index in [4.69, 9.17) is 5.26 Å². The Kier molecular flexibility index (Phi) is 3.40. The van der Waals surface area contributed by atoms with Crippen LogP contribution >= 0.6 is 0 Å². The summed E-state index contributed by atoms with van der Waals surface area (Å²) in [7, 11) is 0. The van der Waals surface area contributed by atoms with Crippen molar-refractivity contribution in [3.05, 3.63) is 0 Å². The van der Waals surface area contributed by atoms with Gasteiger partial charge >= 0.3 is 0 Å². The first kappa shape index (κ1) is 10.9. The number of hydrogen-bond donors (Lipinski definition) is 0. The van der Waals surface area contributed by atoms with E-state index >= 15 is 0 Å². The lowest BCUT2D eigenvalue weighted by molar-refractivity contribution is -0.401. The highest BCUT2D eigenvalue weighted by Gasteiger charge is 2.36. The lowest BCUT2D eigenvalue weighted by atomic mass is 10.0. The molecule has 3 nitrogen and oxygen atoms in total. The fourth-order valence-corrected chi connectivity index (χ4v) is 1.61. The molecule has 0 aromatic heterocycles. The second-order valence-corrected chi connectivity index (χ2v) is 3.82. The molecule has 0 bridgehead atoms. The fourth-order valence-electron chi connectivity index (χ4n) is 1.61. The summed E-state index contributed by atoms with van der Waals surface area (Å²) in [6, 6.07) is 2.17. The Labute approximate surface area is 85.8 Å². The van der Waals surface area contributed by atoms with Crippen LogP contribution in [0.2, 0.25) is 0 Å². The monoisotopic (exact) mass is 192 g/mol. The minimum absolute atomic E-state index is 0.0409. The molecule has 1 heterocycles. The van der Waals surface area contributed by atoms with Crippen LogP contribution in [0, 0.1) is 11.3 Å². The number of rotatable bonds is 4. The predicted octanol–water partition coefficient (Wildman–Crippen LogP) is 1.97. The number of nitrogens with zero attached hydrogens (tertiary/aromatic N) is 3. The molecule has 14 heavy (non-hydrogen) atoms. The van der Waals surface area contributed by atoms with E-state index in [2.05, 4.69) is 42.6 Å². The average Bonchev–Trinajstić information content (AvgIpc) is 2.53. The molecule has 0 radical (unpaired) electrons. The van der Waals surface area contributed by atoms with Gasteiger partial charge in [0.1, 0.15) is 12.8 Å². The molecular weight excluding hydrogens is 174 g/mol. The molecule has 1 aliphatic heterocycles. The SMILES string of the molecule is CCC1=NC(C)(CC)C=[N+]1CCC#N. The fraction of sp³-hybridized carbons (Fsp3) is 0.727. The van der Waals surface area contributed by atoms with Crippen LogP contribution in [0.1, 0.15) is 40.0 Å². The molecule has 0 amide bonds. The van der Waals surface area contributed by atoms with E-state index in [1.165, 1.54) is 0 Å². The first-order chi connectivity index (χ1) is 6.65. The Morgan fingerprint density at radius 3 is 2.79 bits per heavy atom. The molecule has 1 unspecified atom stereocenters. The Balaban J connectivity index is 2.80. The molecule has 0 N–H and O–H groups in total. The van der Waals surface area contributed by atoms with Gasteiger partial charge in [0.25, 0.3) is 5.84 Å². The van der Waals surface area contributed by atoms with Gasteiger partial charge in [-0.1, -0.05) is 18.8 Å². The number of aliphatic imine (C=N–C) groups is 1. The third-order valence-corrected chi connectivity index (χ3v) is 2.65. The summed E-state index contributed by atoms with van der Waals surface area (Å²) in [5.74, 6) is 1.12. The third-order valence-electron chi connectivity index (χ3n) is 2.65. The molecular formula is C11H18N3+. The zero-order valence-electron chi connectivity index (χ0n) is 9.25. The maximum Gasteiger partial charge on any atom is 0.293 e. The normalized spacial score (nSPS) is 25.6. The van der Waals surface area contributed by atoms with Crippen molar-refractivity contribution < 1.29 is 4.58 Å². The van der Waals surface area contributed by atoms with Crippen LogP contribution in [0.25, 0.3) is 0 Å². The number of amidine groups is 1. The van der Waals surface area contributed by atoms with Gasteiger partial charge in [-0.2, -0.15) is 5.26 Å². The van der Waals surface area contributed by atoms with E-state index in [1.807, 2.05) is 0 Å². The van der Waals surface area contributed by atoms with Gasteiger partial charge in [-0.3, -0.25) is 0 Å². The van der Waals surface area contributed by atoms with E-state index < -0.39 is 0 Å². The van der Waals surface area contributed by atoms with Crippen molar-refractivity contribution in [3.8, 4) is 6.07 Å². The van der Waals surface area contributed by atoms with Crippen molar-refractivity contribution in [2.75, 3.05) is 6.54 Å². The highest BCUT2D eigenvalue weighted by Crippen LogP contribution is 2.18. The summed E-state index contributed by atoms with van der Waals surface area (Å²) in [6.07, 6.45) is 4.68. The summed E-state index contributed by atoms with van der Waals surface area (Å²) in [5.41, 5.74) is -0.0409. The van der Waals surface area contributed by atoms with Crippen molar-refractivity contribution in [1.82, 2.24) is 0 Å². The van der Waals surface area contributed by atoms with Crippen LogP contribution in [0.3, 0.4) is 0 Å². The van der Waals surface area contributed by atoms with Crippen LogP contribution in [0.4, 0.5) is 0 Å². The smallest absolute Gasteiger partial charge is 0.233 e. The maximum atomic E-state index is 8.54. The molecule has 76 valence electrons. The highest BCUT2D eigenvalue weighted by molar-refractivity contribution is 5.86. The zero-order chi connectivity index (χ0) is 10.6. The highest BCUT2D eigenvalue weighted by atomic mass is 15.2. The minimum Gasteiger partial charge on any atom is -0.233 e. The van der Waals surface area contributed by atoms with Crippen LogP contribution in [0.5, 0.6) is 0 Å². The number of nitriles is 1. The molecule has 1 atom stereocenters. The predicted molar refractivity (Wildman–Crippen MR) is 57.8 cm³/mol. The third kappa shape index (κ3) is 2.20. The largest absolute Gasteiger partial charge is 0.293 e. The quantitative estimate of drug-likeness (QED) is 0.628. The van der Waals surface area contributed by atoms with Gasteiger partial charge < -0.3 is 0 Å². The Morgan fingerprint density at radius 2 is 2.29 bits per heavy atom. The van der Waals surface area contributed by atoms with Crippen molar-refractivity contribution in [2.24, 2.45) is 4.99 Å². The van der Waals surface area contributed by atoms with E-state index in [0.717, 1.165) is 25.2 Å². The van der Waals surface area contributed by atoms with Crippen molar-refractivity contribution >= 4 is 12.1 Å². The van der Waals surface area contributed by atoms with Crippen molar-refractivity contribution in [3.63, 3.8) is 0 Å². The standard InChI is InChI=1S/C11H18N3/c1-4-10-13-11(3,5-2)9-14(10)8-6-7-12/h9H,4-6,8H2,1-3H3/q+1. The van der Waals surface area contributed by atoms with Gasteiger partial charge in [0.05, 0.1) is 18.9 Å². The van der Waals surface area contributed by atoms with E-state index in [0.29, 0.717) is 6.42 Å². The summed E-state index contributed by atoms with van der Waals surface area (Å²) in [6.45, 7) is 7.16. The lowest BCUT2D eigenvalue weighted by Gasteiger charge is -2.04. The van der Waals surface area contributed by atoms with Gasteiger partial charge in [-0.05, 0) is 13.3 Å². The van der Waals surface area contributed by atoms with E-state index in [9.17, 15) is 0 Å². The lowest BCUT2D eigenvalue weighted by Crippen LogP contribution is -2.23. The molecule has 1 rings (SSSR count). The van der Waals surface area contributed by atoms with E-state index in [-0.39, 0.29) is 5.54 Å². The molecule has 0 aromatic rings. The summed E-state index contributed by atoms with van der Waals surface area (Å²) in [4.78, 5) is 4.67. The molecule has 1 aliphatic rings. The first-order valence-electron chi connectivity index (χ1n) is 5.23. The van der Waals surface area contributed by atoms with Gasteiger partial charge in [0.2, 0.25) is 5.54 Å². The average molecular weight is 192 g/mol. The van der Waals surface area contributed by atoms with Crippen molar-refractivity contribution in [2.45, 2.75) is 45.6 Å². The van der Waals surface area contributed by atoms with Crippen LogP contribution in [0.15, 0.2) is 4.99 Å². The maximum absolute atomic E-state index is 8.54. The summed E-state index contributed by atoms with van der Waals surface area (Å²) >= 11 is 0. The van der Waals surface area contributed by atoms with Gasteiger partial charge in [0.15, 0.2) is 0 Å². The minimum atomic E-state index is -0.0409. The second kappa shape index (κ2) is 4.36. The molecule has 0 saturated carbocycles. The molecule has 0 saturated heterocycles. The number of hydrogen-bond acceptors (Lipinski definition) is 2. The first-order valence-corrected chi connectivity index (χ1v) is 5.23. The molecule has 0 aromatic carbocycles. The molecule has 0 aliphatic carbocycles. The van der Waals surface area contributed by atoms with Crippen molar-refractivity contribution in [1.29, 1.82) is 5.26 Å². The van der Waals surface area contributed by atoms with Crippen LogP contribution in [-0.2, 0) is 0 Å². The Morgan fingerprint density at radius 1 is 1.57 bits per heavy atom. The van der Waals surface area contributed by atoms with Crippen LogP contribution in [-0.4, -0.2) is 28.7 Å². The zero-order valence-corrected chi connectivity index (χ0v) is 9.25. The molecule has 0 fully saturated rings. The van der Waals surface area contributed by atoms with Crippen LogP contribution < -0.4 is 0 Å². The Bertz CT molecular complexity index is 309. The molecule has 3 heteroatoms. The summed E-state index contributed by atoms with van der Waals surface area (Å²) in [5, 5.41) is 8.54. The van der Waals surface area contributed by atoms with Gasteiger partial charge in [0, 0.05) is 0 Å². The Hall–Kier alpha value is -1.17. The summed E-state index contributed by atoms with van der Waals surface area (Å²) < 4.78 is 2.13. The molecule has 0 spiro atoms. The topological polar surface area (TPSA) is 39.2 Å². The second-order valence-electron chi connectivity index (χ2n) is 3.82. The van der Waals surface area contributed by atoms with Gasteiger partial charge in [-0.15, -0.1) is 0 Å². The van der Waals surface area contributed by atoms with E-state index in [1.54, 1.807) is 0 Å².